The van der Waals surface area contributed by atoms with Crippen molar-refractivity contribution in [2.24, 2.45) is 5.41 Å². The molecule has 2 aromatic rings. The molecule has 0 amide bonds. The Bertz CT molecular complexity index is 789. The number of hydrogen-bond donors (Lipinski definition) is 1. The molecule has 2 aliphatic carbocycles. The number of hydrogen-bond acceptors (Lipinski definition) is 2. The van der Waals surface area contributed by atoms with Crippen molar-refractivity contribution in [3.05, 3.63) is 66.0 Å². The van der Waals surface area contributed by atoms with Crippen molar-refractivity contribution in [3.8, 4) is 5.69 Å². The minimum absolute atomic E-state index is 0.210. The van der Waals surface area contributed by atoms with Crippen LogP contribution in [0.25, 0.3) is 11.8 Å². The van der Waals surface area contributed by atoms with Gasteiger partial charge in [-0.2, -0.15) is 5.10 Å². The van der Waals surface area contributed by atoms with E-state index < -0.39 is 5.60 Å². The van der Waals surface area contributed by atoms with E-state index in [9.17, 15) is 5.11 Å². The second-order valence-corrected chi connectivity index (χ2v) is 7.01. The maximum atomic E-state index is 11.2. The van der Waals surface area contributed by atoms with Gasteiger partial charge in [-0.05, 0) is 49.5 Å². The molecule has 118 valence electrons. The van der Waals surface area contributed by atoms with Crippen molar-refractivity contribution in [2.75, 3.05) is 0 Å². The molecule has 4 rings (SSSR count). The van der Waals surface area contributed by atoms with Crippen LogP contribution in [0.1, 0.15) is 37.4 Å². The molecule has 0 radical (unpaired) electrons. The molecule has 0 aliphatic heterocycles. The van der Waals surface area contributed by atoms with Gasteiger partial charge in [0.15, 0.2) is 0 Å². The Labute approximate surface area is 137 Å². The predicted octanol–water partition coefficient (Wildman–Crippen LogP) is 3.92. The third-order valence-electron chi connectivity index (χ3n) is 5.77. The smallest absolute Gasteiger partial charge is 0.0778 e. The fraction of sp³-hybridized carbons (Fsp3) is 0.350. The lowest BCUT2D eigenvalue weighted by Gasteiger charge is -2.42. The van der Waals surface area contributed by atoms with E-state index in [4.69, 9.17) is 0 Å². The number of nitrogens with zero attached hydrogens (tertiary/aromatic N) is 2. The molecule has 1 fully saturated rings. The quantitative estimate of drug-likeness (QED) is 0.873. The highest BCUT2D eigenvalue weighted by atomic mass is 16.3. The van der Waals surface area contributed by atoms with Crippen molar-refractivity contribution in [2.45, 2.75) is 38.2 Å². The Balaban J connectivity index is 1.80. The highest BCUT2D eigenvalue weighted by Gasteiger charge is 2.54. The summed E-state index contributed by atoms with van der Waals surface area (Å²) in [6.07, 6.45) is 9.28. The van der Waals surface area contributed by atoms with Crippen LogP contribution in [-0.4, -0.2) is 20.5 Å². The van der Waals surface area contributed by atoms with Crippen LogP contribution >= 0.6 is 0 Å². The second-order valence-electron chi connectivity index (χ2n) is 7.01. The molecule has 0 unspecified atom stereocenters. The van der Waals surface area contributed by atoms with Gasteiger partial charge in [-0.1, -0.05) is 36.8 Å². The molecule has 0 bridgehead atoms. The first-order valence-electron chi connectivity index (χ1n) is 8.24. The molecule has 1 heterocycles. The van der Waals surface area contributed by atoms with Gasteiger partial charge in [0, 0.05) is 5.41 Å². The standard InChI is InChI=1S/C20H22N2O/c1-3-10-20(23)11-9-16-12-18-15(13-19(16,20)2)14-21-22(18)17-7-5-4-6-8-17/h3-8,12,14,23H,1,9-11,13H2,2H3/t19-,20-/m0/s1. The number of para-hydroxylation sites is 1. The maximum absolute atomic E-state index is 11.2. The highest BCUT2D eigenvalue weighted by Crippen LogP contribution is 2.56. The third kappa shape index (κ3) is 1.96. The van der Waals surface area contributed by atoms with E-state index in [0.717, 1.165) is 30.6 Å². The molecule has 3 nitrogen and oxygen atoms in total. The first-order valence-corrected chi connectivity index (χ1v) is 8.24. The van der Waals surface area contributed by atoms with Crippen LogP contribution in [0.2, 0.25) is 0 Å². The summed E-state index contributed by atoms with van der Waals surface area (Å²) in [6.45, 7) is 6.02. The van der Waals surface area contributed by atoms with Crippen molar-refractivity contribution in [1.82, 2.24) is 9.78 Å². The Morgan fingerprint density at radius 2 is 2.13 bits per heavy atom. The number of rotatable bonds is 3. The fourth-order valence-corrected chi connectivity index (χ4v) is 4.27. The van der Waals surface area contributed by atoms with Crippen LogP contribution in [0, 0.1) is 5.41 Å². The van der Waals surface area contributed by atoms with Crippen molar-refractivity contribution in [3.63, 3.8) is 0 Å². The molecular weight excluding hydrogens is 284 g/mol. The summed E-state index contributed by atoms with van der Waals surface area (Å²) in [6, 6.07) is 10.2. The second kappa shape index (κ2) is 4.93. The minimum Gasteiger partial charge on any atom is -0.389 e. The molecule has 2 atom stereocenters. The van der Waals surface area contributed by atoms with Crippen LogP contribution < -0.4 is 0 Å². The summed E-state index contributed by atoms with van der Waals surface area (Å²) in [5.74, 6) is 0. The summed E-state index contributed by atoms with van der Waals surface area (Å²) >= 11 is 0. The Morgan fingerprint density at radius 1 is 1.35 bits per heavy atom. The van der Waals surface area contributed by atoms with E-state index in [1.807, 2.05) is 35.2 Å². The van der Waals surface area contributed by atoms with Crippen LogP contribution in [0.4, 0.5) is 0 Å². The molecule has 3 heteroatoms. The average Bonchev–Trinajstić information content (AvgIpc) is 3.06. The predicted molar refractivity (Wildman–Crippen MR) is 92.3 cm³/mol. The molecule has 23 heavy (non-hydrogen) atoms. The van der Waals surface area contributed by atoms with Crippen LogP contribution in [0.3, 0.4) is 0 Å². The molecule has 1 aromatic carbocycles. The minimum atomic E-state index is -0.687. The van der Waals surface area contributed by atoms with Crippen molar-refractivity contribution < 1.29 is 5.11 Å². The Hall–Kier alpha value is -2.13. The van der Waals surface area contributed by atoms with Gasteiger partial charge in [0.05, 0.1) is 23.2 Å². The van der Waals surface area contributed by atoms with Gasteiger partial charge < -0.3 is 5.11 Å². The van der Waals surface area contributed by atoms with Crippen molar-refractivity contribution >= 4 is 6.08 Å². The van der Waals surface area contributed by atoms with E-state index in [-0.39, 0.29) is 5.41 Å². The lowest BCUT2D eigenvalue weighted by molar-refractivity contribution is -0.0366. The third-order valence-corrected chi connectivity index (χ3v) is 5.77. The monoisotopic (exact) mass is 306 g/mol. The van der Waals surface area contributed by atoms with E-state index >= 15 is 0 Å². The summed E-state index contributed by atoms with van der Waals surface area (Å²) in [5.41, 5.74) is 3.89. The SMILES string of the molecule is C=CC[C@]1(O)CCC2=Cc3c(cnn3-c3ccccc3)C[C@@]21C. The van der Waals surface area contributed by atoms with E-state index in [1.54, 1.807) is 0 Å². The molecule has 2 aliphatic rings. The number of benzene rings is 1. The van der Waals surface area contributed by atoms with Gasteiger partial charge in [0.2, 0.25) is 0 Å². The molecule has 1 aromatic heterocycles. The Kier molecular flexibility index (Phi) is 3.10. The van der Waals surface area contributed by atoms with Crippen LogP contribution in [-0.2, 0) is 6.42 Å². The summed E-state index contributed by atoms with van der Waals surface area (Å²) in [7, 11) is 0. The Morgan fingerprint density at radius 3 is 2.87 bits per heavy atom. The van der Waals surface area contributed by atoms with Gasteiger partial charge in [-0.3, -0.25) is 0 Å². The first kappa shape index (κ1) is 14.5. The largest absolute Gasteiger partial charge is 0.389 e. The van der Waals surface area contributed by atoms with Crippen LogP contribution in [0.5, 0.6) is 0 Å². The lowest BCUT2D eigenvalue weighted by Crippen LogP contribution is -2.44. The topological polar surface area (TPSA) is 38.1 Å². The average molecular weight is 306 g/mol. The van der Waals surface area contributed by atoms with Gasteiger partial charge in [-0.15, -0.1) is 6.58 Å². The van der Waals surface area contributed by atoms with E-state index in [0.29, 0.717) is 6.42 Å². The number of aliphatic hydroxyl groups is 1. The van der Waals surface area contributed by atoms with Gasteiger partial charge in [0.1, 0.15) is 0 Å². The zero-order valence-corrected chi connectivity index (χ0v) is 13.5. The summed E-state index contributed by atoms with van der Waals surface area (Å²) in [5, 5.41) is 15.7. The maximum Gasteiger partial charge on any atom is 0.0778 e. The first-order chi connectivity index (χ1) is 11.1. The molecule has 0 saturated heterocycles. The fourth-order valence-electron chi connectivity index (χ4n) is 4.27. The van der Waals surface area contributed by atoms with Gasteiger partial charge in [-0.25, -0.2) is 4.68 Å². The number of fused-ring (bicyclic) bond motifs is 2. The lowest BCUT2D eigenvalue weighted by atomic mass is 9.66. The molecular formula is C20H22N2O. The molecule has 1 saturated carbocycles. The summed E-state index contributed by atoms with van der Waals surface area (Å²) in [4.78, 5) is 0. The van der Waals surface area contributed by atoms with Gasteiger partial charge in [0.25, 0.3) is 0 Å². The zero-order valence-electron chi connectivity index (χ0n) is 13.5. The highest BCUT2D eigenvalue weighted by molar-refractivity contribution is 5.62. The van der Waals surface area contributed by atoms with Gasteiger partial charge >= 0.3 is 0 Å². The number of aromatic nitrogens is 2. The zero-order chi connectivity index (χ0) is 16.1. The molecule has 0 spiro atoms. The summed E-state index contributed by atoms with van der Waals surface area (Å²) < 4.78 is 2.01. The van der Waals surface area contributed by atoms with Crippen molar-refractivity contribution in [1.29, 1.82) is 0 Å². The normalized spacial score (nSPS) is 28.9. The van der Waals surface area contributed by atoms with E-state index in [2.05, 4.69) is 36.8 Å². The molecule has 1 N–H and O–H groups in total. The van der Waals surface area contributed by atoms with Crippen LogP contribution in [0.15, 0.2) is 54.8 Å². The van der Waals surface area contributed by atoms with E-state index in [1.165, 1.54) is 11.1 Å².